The lowest BCUT2D eigenvalue weighted by molar-refractivity contribution is -0.604. The summed E-state index contributed by atoms with van der Waals surface area (Å²) in [6, 6.07) is 0. The monoisotopic (exact) mass is 752 g/mol. The number of esters is 1. The first-order chi connectivity index (χ1) is 23.7. The highest BCUT2D eigenvalue weighted by molar-refractivity contribution is 6.10. The van der Waals surface area contributed by atoms with E-state index in [1.54, 1.807) is 7.11 Å². The highest BCUT2D eigenvalue weighted by atomic mass is 19.4. The summed E-state index contributed by atoms with van der Waals surface area (Å²) < 4.78 is 82.9. The standard InChI is InChI=1S/C20H28N8O9.2C2HF3O2/c1-34-3-4-36-5-6-37-11-18(31)24-14-7-12(25-27-14)19(32)22-9-16(29)21-10-17(30)23-15-8-13(26-28-15)20(33)35-2;2*3-2(4,5)1(6)7/h7-8H,3-6,9-11H2,1-2H3,(H,21,29)(H,22,32)(H2,23,26,28,30)(H2,24,25,27,31);2*(H,6,7). The number of aliphatic carboxylic acids is 2. The third-order valence-corrected chi connectivity index (χ3v) is 4.84. The molecule has 286 valence electrons. The number of methoxy groups -OCH3 is 2. The molecule has 0 fully saturated rings. The van der Waals surface area contributed by atoms with E-state index in [-0.39, 0.29) is 42.8 Å². The van der Waals surface area contributed by atoms with Crippen molar-refractivity contribution in [3.05, 3.63) is 23.5 Å². The van der Waals surface area contributed by atoms with Crippen molar-refractivity contribution in [2.24, 2.45) is 10.2 Å². The summed E-state index contributed by atoms with van der Waals surface area (Å²) in [5, 5.41) is 34.9. The maximum absolute atomic E-state index is 12.2. The number of quaternary nitrogens is 2. The van der Waals surface area contributed by atoms with Gasteiger partial charge in [-0.2, -0.15) is 37.2 Å². The number of amidine groups is 2. The minimum atomic E-state index is -5.19. The van der Waals surface area contributed by atoms with Gasteiger partial charge in [0.15, 0.2) is 11.7 Å². The van der Waals surface area contributed by atoms with Gasteiger partial charge in [-0.1, -0.05) is 10.2 Å². The first-order valence-electron chi connectivity index (χ1n) is 13.4. The molecule has 0 atom stereocenters. The Bertz CT molecular complexity index is 1370. The van der Waals surface area contributed by atoms with Gasteiger partial charge in [0.05, 0.1) is 58.8 Å². The number of nitrogens with two attached hydrogens (primary N) is 2. The minimum absolute atomic E-state index is 0.122. The fourth-order valence-electron chi connectivity index (χ4n) is 2.61. The van der Waals surface area contributed by atoms with Crippen LogP contribution in [0.1, 0.15) is 0 Å². The molecule has 8 N–H and O–H groups in total. The van der Waals surface area contributed by atoms with Gasteiger partial charge in [-0.25, -0.2) is 4.79 Å². The van der Waals surface area contributed by atoms with Crippen molar-refractivity contribution in [3.8, 4) is 0 Å². The number of nitrogens with zero attached hydrogens (tertiary/aromatic N) is 2. The van der Waals surface area contributed by atoms with Crippen molar-refractivity contribution in [2.75, 3.05) is 60.3 Å². The quantitative estimate of drug-likeness (QED) is 0.0416. The zero-order valence-electron chi connectivity index (χ0n) is 26.2. The lowest BCUT2D eigenvalue weighted by Gasteiger charge is -2.06. The number of alkyl halides is 6. The molecular formula is C24H30F6N8O13. The topological polar surface area (TPSA) is 309 Å². The molecule has 0 spiro atoms. The van der Waals surface area contributed by atoms with E-state index >= 15 is 0 Å². The maximum Gasteiger partial charge on any atom is 0.430 e. The molecule has 0 aromatic rings. The maximum atomic E-state index is 12.2. The second-order valence-electron chi connectivity index (χ2n) is 8.76. The van der Waals surface area contributed by atoms with E-state index in [0.29, 0.717) is 19.8 Å². The van der Waals surface area contributed by atoms with Crippen molar-refractivity contribution in [1.82, 2.24) is 21.3 Å². The second kappa shape index (κ2) is 23.0. The molecule has 4 amide bonds. The van der Waals surface area contributed by atoms with Crippen LogP contribution >= 0.6 is 0 Å². The summed E-state index contributed by atoms with van der Waals surface area (Å²) in [4.78, 5) is 76.9. The van der Waals surface area contributed by atoms with E-state index in [9.17, 15) is 50.3 Å². The SMILES string of the molecule is COCCOCCOCC(=O)NC1=N[NH2+]C(C(=O)NCC(=O)NCC(=O)NC2=N[NH2+]C(C(=O)OC)=C2)=C1.O=C([O-])C(F)(F)F.O=C([O-])C(F)(F)F. The van der Waals surface area contributed by atoms with Crippen LogP contribution < -0.4 is 42.3 Å². The minimum Gasteiger partial charge on any atom is -0.542 e. The van der Waals surface area contributed by atoms with Crippen molar-refractivity contribution in [1.29, 1.82) is 0 Å². The normalized spacial score (nSPS) is 13.3. The zero-order chi connectivity index (χ0) is 39.2. The number of halogens is 6. The number of carboxylic acid groups (broad SMARTS) is 2. The molecule has 0 aromatic heterocycles. The summed E-state index contributed by atoms with van der Waals surface area (Å²) in [5.41, 5.74) is 2.76. The predicted octanol–water partition coefficient (Wildman–Crippen LogP) is -7.55. The second-order valence-corrected chi connectivity index (χ2v) is 8.76. The lowest BCUT2D eigenvalue weighted by Crippen LogP contribution is -2.77. The molecule has 2 aliphatic rings. The van der Waals surface area contributed by atoms with E-state index in [4.69, 9.17) is 34.0 Å². The molecule has 2 aliphatic heterocycles. The van der Waals surface area contributed by atoms with Gasteiger partial charge in [-0.05, 0) is 0 Å². The van der Waals surface area contributed by atoms with Gasteiger partial charge in [0.25, 0.3) is 5.91 Å². The smallest absolute Gasteiger partial charge is 0.430 e. The van der Waals surface area contributed by atoms with E-state index in [1.165, 1.54) is 30.1 Å². The molecule has 2 rings (SSSR count). The fraction of sp³-hybridized carbons (Fsp3) is 0.458. The number of hydrogen-bond acceptors (Lipinski definition) is 15. The number of ether oxygens (including phenoxy) is 4. The number of carboxylic acids is 2. The van der Waals surface area contributed by atoms with Crippen LogP contribution in [0.3, 0.4) is 0 Å². The number of hydrogen-bond donors (Lipinski definition) is 6. The molecular weight excluding hydrogens is 722 g/mol. The third-order valence-electron chi connectivity index (χ3n) is 4.84. The van der Waals surface area contributed by atoms with Gasteiger partial charge in [0, 0.05) is 7.11 Å². The van der Waals surface area contributed by atoms with Crippen LogP contribution in [-0.4, -0.2) is 126 Å². The Labute approximate surface area is 281 Å². The number of rotatable bonds is 14. The number of amides is 4. The van der Waals surface area contributed by atoms with Crippen molar-refractivity contribution in [2.45, 2.75) is 12.4 Å². The van der Waals surface area contributed by atoms with Crippen molar-refractivity contribution < 1.29 is 99.9 Å². The highest BCUT2D eigenvalue weighted by Gasteiger charge is 2.29. The van der Waals surface area contributed by atoms with Gasteiger partial charge < -0.3 is 60.0 Å². The van der Waals surface area contributed by atoms with Crippen molar-refractivity contribution >= 4 is 53.2 Å². The molecule has 0 aromatic carbocycles. The largest absolute Gasteiger partial charge is 0.542 e. The Balaban J connectivity index is 0.00000149. The summed E-state index contributed by atoms with van der Waals surface area (Å²) in [6.45, 7) is 0.435. The highest BCUT2D eigenvalue weighted by Crippen LogP contribution is 2.12. The first-order valence-corrected chi connectivity index (χ1v) is 13.4. The van der Waals surface area contributed by atoms with Crippen LogP contribution in [0.25, 0.3) is 0 Å². The Morgan fingerprint density at radius 3 is 1.65 bits per heavy atom. The van der Waals surface area contributed by atoms with Gasteiger partial charge in [0.2, 0.25) is 23.2 Å². The molecule has 21 nitrogen and oxygen atoms in total. The van der Waals surface area contributed by atoms with E-state index in [2.05, 4.69) is 36.2 Å². The molecule has 2 heterocycles. The Kier molecular flexibility index (Phi) is 20.5. The molecule has 0 unspecified atom stereocenters. The molecule has 0 radical (unpaired) electrons. The van der Waals surface area contributed by atoms with Crippen LogP contribution in [0.15, 0.2) is 33.7 Å². The fourth-order valence-corrected chi connectivity index (χ4v) is 2.61. The average molecular weight is 753 g/mol. The van der Waals surface area contributed by atoms with Crippen LogP contribution in [-0.2, 0) is 52.5 Å². The van der Waals surface area contributed by atoms with E-state index in [1.807, 2.05) is 0 Å². The molecule has 0 bridgehead atoms. The third kappa shape index (κ3) is 21.2. The summed E-state index contributed by atoms with van der Waals surface area (Å²) >= 11 is 0. The molecule has 27 heteroatoms. The number of nitrogens with one attached hydrogen (secondary N) is 4. The first kappa shape index (κ1) is 45.5. The van der Waals surface area contributed by atoms with Crippen LogP contribution in [0, 0.1) is 0 Å². The Hall–Kier alpha value is -5.51. The zero-order valence-corrected chi connectivity index (χ0v) is 26.2. The van der Waals surface area contributed by atoms with Crippen LogP contribution in [0.5, 0.6) is 0 Å². The molecule has 0 aliphatic carbocycles. The van der Waals surface area contributed by atoms with Gasteiger partial charge >= 0.3 is 24.2 Å². The Morgan fingerprint density at radius 2 is 1.14 bits per heavy atom. The van der Waals surface area contributed by atoms with E-state index < -0.39 is 60.4 Å². The number of carbonyl (C=O) groups excluding carboxylic acids is 7. The van der Waals surface area contributed by atoms with Crippen LogP contribution in [0.4, 0.5) is 26.3 Å². The molecule has 51 heavy (non-hydrogen) atoms. The van der Waals surface area contributed by atoms with Crippen LogP contribution in [0.2, 0.25) is 0 Å². The van der Waals surface area contributed by atoms with E-state index in [0.717, 1.165) is 0 Å². The molecule has 0 saturated carbocycles. The number of carbonyl (C=O) groups is 7. The predicted molar refractivity (Wildman–Crippen MR) is 145 cm³/mol. The average Bonchev–Trinajstić information content (AvgIpc) is 3.71. The van der Waals surface area contributed by atoms with Gasteiger partial charge in [0.1, 0.15) is 18.5 Å². The Morgan fingerprint density at radius 1 is 0.686 bits per heavy atom. The van der Waals surface area contributed by atoms with Gasteiger partial charge in [-0.15, -0.1) is 0 Å². The summed E-state index contributed by atoms with van der Waals surface area (Å²) in [6.07, 6.45) is -7.73. The lowest BCUT2D eigenvalue weighted by atomic mass is 10.3. The molecule has 0 saturated heterocycles. The summed E-state index contributed by atoms with van der Waals surface area (Å²) in [5.74, 6) is -8.61. The summed E-state index contributed by atoms with van der Waals surface area (Å²) in [7, 11) is 2.78. The van der Waals surface area contributed by atoms with Crippen molar-refractivity contribution in [3.63, 3.8) is 0 Å². The van der Waals surface area contributed by atoms with Gasteiger partial charge in [-0.3, -0.25) is 19.2 Å².